The van der Waals surface area contributed by atoms with Gasteiger partial charge in [0.15, 0.2) is 0 Å². The Balaban J connectivity index is 1.80. The molecular formula is C16H18P2. The quantitative estimate of drug-likeness (QED) is 0.686. The van der Waals surface area contributed by atoms with E-state index in [-0.39, 0.29) is 7.61 Å². The summed E-state index contributed by atoms with van der Waals surface area (Å²) in [5.41, 5.74) is 2.66. The average Bonchev–Trinajstić information content (AvgIpc) is 2.49. The molecule has 0 nitrogen and oxygen atoms in total. The summed E-state index contributed by atoms with van der Waals surface area (Å²) < 4.78 is 0. The highest BCUT2D eigenvalue weighted by molar-refractivity contribution is 8.25. The van der Waals surface area contributed by atoms with Crippen LogP contribution in [0.5, 0.6) is 0 Å². The molecule has 92 valence electrons. The highest BCUT2D eigenvalue weighted by Gasteiger charge is 2.14. The Hall–Kier alpha value is -0.700. The molecule has 1 heterocycles. The van der Waals surface area contributed by atoms with Crippen LogP contribution in [-0.2, 0) is 0 Å². The lowest BCUT2D eigenvalue weighted by molar-refractivity contribution is 0.897. The van der Waals surface area contributed by atoms with Crippen LogP contribution in [0.4, 0.5) is 0 Å². The number of hydrogen-bond acceptors (Lipinski definition) is 0. The first kappa shape index (κ1) is 12.3. The van der Waals surface area contributed by atoms with Gasteiger partial charge in [-0.15, -0.1) is 0 Å². The molecule has 2 aromatic carbocycles. The molecule has 2 atom stereocenters. The molecule has 0 radical (unpaired) electrons. The topological polar surface area (TPSA) is 0 Å². The molecule has 0 N–H and O–H groups in total. The van der Waals surface area contributed by atoms with Crippen molar-refractivity contribution < 1.29 is 0 Å². The molecule has 0 saturated carbocycles. The lowest BCUT2D eigenvalue weighted by Gasteiger charge is -2.22. The Kier molecular flexibility index (Phi) is 4.09. The average molecular weight is 272 g/mol. The normalized spacial score (nSPS) is 21.0. The summed E-state index contributed by atoms with van der Waals surface area (Å²) in [4.78, 5) is 0. The van der Waals surface area contributed by atoms with Crippen molar-refractivity contribution in [2.75, 3.05) is 12.3 Å². The summed E-state index contributed by atoms with van der Waals surface area (Å²) in [5, 5.41) is 1.61. The van der Waals surface area contributed by atoms with Crippen LogP contribution in [0.2, 0.25) is 0 Å². The summed E-state index contributed by atoms with van der Waals surface area (Å²) in [5.74, 6) is 0. The Morgan fingerprint density at radius 2 is 1.50 bits per heavy atom. The summed E-state index contributed by atoms with van der Waals surface area (Å²) in [7, 11) is 1.38. The highest BCUT2D eigenvalue weighted by atomic mass is 32.0. The van der Waals surface area contributed by atoms with Crippen LogP contribution >= 0.6 is 15.9 Å². The minimum absolute atomic E-state index is 0.180. The maximum atomic E-state index is 2.37. The third-order valence-electron chi connectivity index (χ3n) is 3.40. The van der Waals surface area contributed by atoms with Crippen molar-refractivity contribution in [1.82, 2.24) is 0 Å². The molecule has 1 saturated heterocycles. The lowest BCUT2D eigenvalue weighted by Crippen LogP contribution is -2.04. The van der Waals surface area contributed by atoms with Gasteiger partial charge in [-0.1, -0.05) is 70.5 Å². The minimum Gasteiger partial charge on any atom is -0.0914 e. The van der Waals surface area contributed by atoms with Gasteiger partial charge in [0.25, 0.3) is 0 Å². The van der Waals surface area contributed by atoms with Crippen molar-refractivity contribution in [3.8, 4) is 11.1 Å². The molecule has 0 bridgehead atoms. The van der Waals surface area contributed by atoms with Gasteiger partial charge in [-0.2, -0.15) is 0 Å². The summed E-state index contributed by atoms with van der Waals surface area (Å²) >= 11 is 0. The first-order valence-corrected chi connectivity index (χ1v) is 10.2. The molecule has 0 spiro atoms. The van der Waals surface area contributed by atoms with E-state index in [9.17, 15) is 0 Å². The SMILES string of the molecule is c1ccc(-c2ccc(P3CCCCP3)cc2)cc1. The van der Waals surface area contributed by atoms with Crippen molar-refractivity contribution in [2.45, 2.75) is 12.8 Å². The monoisotopic (exact) mass is 272 g/mol. The Morgan fingerprint density at radius 1 is 0.778 bits per heavy atom. The van der Waals surface area contributed by atoms with Crippen molar-refractivity contribution >= 4 is 21.2 Å². The first-order valence-electron chi connectivity index (χ1n) is 6.60. The highest BCUT2D eigenvalue weighted by Crippen LogP contribution is 2.57. The van der Waals surface area contributed by atoms with Gasteiger partial charge in [-0.25, -0.2) is 0 Å². The van der Waals surface area contributed by atoms with Gasteiger partial charge in [0.2, 0.25) is 0 Å². The first-order chi connectivity index (χ1) is 8.93. The van der Waals surface area contributed by atoms with Gasteiger partial charge < -0.3 is 0 Å². The molecule has 1 aliphatic heterocycles. The van der Waals surface area contributed by atoms with E-state index in [2.05, 4.69) is 54.6 Å². The van der Waals surface area contributed by atoms with Gasteiger partial charge >= 0.3 is 0 Å². The van der Waals surface area contributed by atoms with Crippen LogP contribution in [-0.4, -0.2) is 12.3 Å². The van der Waals surface area contributed by atoms with Gasteiger partial charge in [0, 0.05) is 0 Å². The van der Waals surface area contributed by atoms with Crippen LogP contribution in [0.15, 0.2) is 54.6 Å². The zero-order valence-corrected chi connectivity index (χ0v) is 12.4. The summed E-state index contributed by atoms with van der Waals surface area (Å²) in [6.07, 6.45) is 5.82. The molecular weight excluding hydrogens is 254 g/mol. The van der Waals surface area contributed by atoms with E-state index in [1.807, 2.05) is 0 Å². The zero-order chi connectivity index (χ0) is 12.2. The standard InChI is InChI=1S/C16H18P2/c1-2-6-14(7-3-1)15-8-10-16(11-9-15)18-13-5-4-12-17-18/h1-3,6-11,17H,4-5,12-13H2. The van der Waals surface area contributed by atoms with E-state index in [4.69, 9.17) is 0 Å². The Labute approximate surface area is 112 Å². The molecule has 2 unspecified atom stereocenters. The Bertz CT molecular complexity index is 484. The summed E-state index contributed by atoms with van der Waals surface area (Å²) in [6.45, 7) is 0. The molecule has 0 aliphatic carbocycles. The molecule has 0 aromatic heterocycles. The second-order valence-corrected chi connectivity index (χ2v) is 9.88. The fourth-order valence-electron chi connectivity index (χ4n) is 2.37. The van der Waals surface area contributed by atoms with E-state index >= 15 is 0 Å². The fourth-order valence-corrected chi connectivity index (χ4v) is 7.93. The summed E-state index contributed by atoms with van der Waals surface area (Å²) in [6, 6.07) is 20.0. The van der Waals surface area contributed by atoms with E-state index in [1.165, 1.54) is 44.6 Å². The second kappa shape index (κ2) is 5.96. The largest absolute Gasteiger partial charge is 0.0914 e. The van der Waals surface area contributed by atoms with Crippen molar-refractivity contribution in [1.29, 1.82) is 0 Å². The van der Waals surface area contributed by atoms with Crippen molar-refractivity contribution in [3.05, 3.63) is 54.6 Å². The van der Waals surface area contributed by atoms with Crippen molar-refractivity contribution in [2.24, 2.45) is 0 Å². The fraction of sp³-hybridized carbons (Fsp3) is 0.250. The molecule has 18 heavy (non-hydrogen) atoms. The molecule has 2 heteroatoms. The van der Waals surface area contributed by atoms with Gasteiger partial charge in [-0.05, 0) is 41.6 Å². The molecule has 1 fully saturated rings. The molecule has 3 rings (SSSR count). The number of hydrogen-bond donors (Lipinski definition) is 0. The smallest absolute Gasteiger partial charge is 0.0184 e. The lowest BCUT2D eigenvalue weighted by atomic mass is 10.1. The predicted molar refractivity (Wildman–Crippen MR) is 85.7 cm³/mol. The van der Waals surface area contributed by atoms with Gasteiger partial charge in [-0.3, -0.25) is 0 Å². The molecule has 1 aliphatic rings. The Morgan fingerprint density at radius 3 is 2.17 bits per heavy atom. The predicted octanol–water partition coefficient (Wildman–Crippen LogP) is 4.85. The second-order valence-electron chi connectivity index (χ2n) is 4.68. The minimum atomic E-state index is 0.180. The third kappa shape index (κ3) is 2.82. The van der Waals surface area contributed by atoms with Crippen LogP contribution in [0.1, 0.15) is 12.8 Å². The number of rotatable bonds is 2. The molecule has 0 amide bonds. The van der Waals surface area contributed by atoms with Crippen LogP contribution < -0.4 is 5.30 Å². The molecule has 2 aromatic rings. The van der Waals surface area contributed by atoms with Crippen LogP contribution in [0, 0.1) is 0 Å². The maximum Gasteiger partial charge on any atom is -0.0184 e. The number of benzene rings is 2. The zero-order valence-electron chi connectivity index (χ0n) is 10.5. The van der Waals surface area contributed by atoms with Crippen LogP contribution in [0.25, 0.3) is 11.1 Å². The van der Waals surface area contributed by atoms with Crippen LogP contribution in [0.3, 0.4) is 0 Å². The van der Waals surface area contributed by atoms with E-state index in [0.29, 0.717) is 0 Å². The van der Waals surface area contributed by atoms with Gasteiger partial charge in [0.1, 0.15) is 0 Å². The van der Waals surface area contributed by atoms with E-state index in [1.54, 1.807) is 5.30 Å². The third-order valence-corrected chi connectivity index (χ3v) is 9.30. The van der Waals surface area contributed by atoms with Gasteiger partial charge in [0.05, 0.1) is 0 Å². The van der Waals surface area contributed by atoms with E-state index in [0.717, 1.165) is 0 Å². The van der Waals surface area contributed by atoms with Crippen molar-refractivity contribution in [3.63, 3.8) is 0 Å². The maximum absolute atomic E-state index is 2.37. The van der Waals surface area contributed by atoms with E-state index < -0.39 is 0 Å².